The number of hydrogen-bond acceptors (Lipinski definition) is 4. The smallest absolute Gasteiger partial charge is 0.133 e. The van der Waals surface area contributed by atoms with Crippen LogP contribution >= 0.6 is 11.8 Å². The van der Waals surface area contributed by atoms with Crippen molar-refractivity contribution in [2.24, 2.45) is 0 Å². The highest BCUT2D eigenvalue weighted by Gasteiger charge is 2.25. The molecule has 0 spiro atoms. The SMILES string of the molecule is N#Cc1c(SCc2ccccc2)nc(N2CCCCC2)c2c1CCCC2. The molecule has 3 nitrogen and oxygen atoms in total. The van der Waals surface area contributed by atoms with Crippen LogP contribution in [0.3, 0.4) is 0 Å². The van der Waals surface area contributed by atoms with Crippen molar-refractivity contribution in [3.8, 4) is 6.07 Å². The molecular weight excluding hydrogens is 338 g/mol. The Bertz CT molecular complexity index is 804. The summed E-state index contributed by atoms with van der Waals surface area (Å²) in [5, 5.41) is 10.8. The van der Waals surface area contributed by atoms with Crippen molar-refractivity contribution in [1.82, 2.24) is 4.98 Å². The van der Waals surface area contributed by atoms with Crippen LogP contribution < -0.4 is 4.90 Å². The molecule has 0 amide bonds. The molecule has 4 heteroatoms. The quantitative estimate of drug-likeness (QED) is 0.707. The number of benzene rings is 1. The zero-order valence-corrected chi connectivity index (χ0v) is 16.0. The zero-order chi connectivity index (χ0) is 17.8. The molecule has 2 heterocycles. The highest BCUT2D eigenvalue weighted by molar-refractivity contribution is 7.98. The predicted molar refractivity (Wildman–Crippen MR) is 108 cm³/mol. The Balaban J connectivity index is 1.71. The highest BCUT2D eigenvalue weighted by atomic mass is 32.2. The van der Waals surface area contributed by atoms with E-state index in [4.69, 9.17) is 4.98 Å². The third kappa shape index (κ3) is 3.59. The molecule has 1 aromatic carbocycles. The molecule has 1 aromatic heterocycles. The summed E-state index contributed by atoms with van der Waals surface area (Å²) < 4.78 is 0. The Kier molecular flexibility index (Phi) is 5.45. The summed E-state index contributed by atoms with van der Waals surface area (Å²) in [6, 6.07) is 13.0. The van der Waals surface area contributed by atoms with Gasteiger partial charge in [-0.25, -0.2) is 4.98 Å². The van der Waals surface area contributed by atoms with E-state index in [9.17, 15) is 5.26 Å². The lowest BCUT2D eigenvalue weighted by Crippen LogP contribution is -2.32. The minimum atomic E-state index is 0.835. The monoisotopic (exact) mass is 363 g/mol. The van der Waals surface area contributed by atoms with Gasteiger partial charge >= 0.3 is 0 Å². The van der Waals surface area contributed by atoms with Gasteiger partial charge < -0.3 is 4.90 Å². The number of thioether (sulfide) groups is 1. The molecule has 26 heavy (non-hydrogen) atoms. The van der Waals surface area contributed by atoms with E-state index >= 15 is 0 Å². The van der Waals surface area contributed by atoms with E-state index in [2.05, 4.69) is 35.2 Å². The normalized spacial score (nSPS) is 16.8. The molecule has 0 saturated carbocycles. The second-order valence-corrected chi connectivity index (χ2v) is 8.18. The van der Waals surface area contributed by atoms with E-state index in [0.29, 0.717) is 0 Å². The fraction of sp³-hybridized carbons (Fsp3) is 0.455. The first-order valence-corrected chi connectivity index (χ1v) is 10.7. The molecule has 4 rings (SSSR count). The average Bonchev–Trinajstić information content (AvgIpc) is 2.72. The number of nitrogens with zero attached hydrogens (tertiary/aromatic N) is 3. The maximum Gasteiger partial charge on any atom is 0.133 e. The number of aromatic nitrogens is 1. The Morgan fingerprint density at radius 2 is 1.69 bits per heavy atom. The summed E-state index contributed by atoms with van der Waals surface area (Å²) in [5.74, 6) is 2.04. The minimum absolute atomic E-state index is 0.835. The van der Waals surface area contributed by atoms with Gasteiger partial charge in [-0.15, -0.1) is 11.8 Å². The standard InChI is InChI=1S/C22H25N3S/c23-15-20-18-11-5-6-12-19(18)21(25-13-7-2-8-14-25)24-22(20)26-16-17-9-3-1-4-10-17/h1,3-4,9-10H,2,5-8,11-14,16H2. The van der Waals surface area contributed by atoms with Gasteiger partial charge in [0, 0.05) is 18.8 Å². The number of hydrogen-bond donors (Lipinski definition) is 0. The zero-order valence-electron chi connectivity index (χ0n) is 15.2. The van der Waals surface area contributed by atoms with E-state index in [0.717, 1.165) is 42.3 Å². The van der Waals surface area contributed by atoms with E-state index in [1.165, 1.54) is 54.6 Å². The number of piperidine rings is 1. The largest absolute Gasteiger partial charge is 0.356 e. The van der Waals surface area contributed by atoms with Crippen molar-refractivity contribution >= 4 is 17.6 Å². The molecule has 1 aliphatic carbocycles. The molecular formula is C22H25N3S. The fourth-order valence-corrected chi connectivity index (χ4v) is 5.05. The number of rotatable bonds is 4. The summed E-state index contributed by atoms with van der Waals surface area (Å²) in [5.41, 5.74) is 4.76. The number of pyridine rings is 1. The van der Waals surface area contributed by atoms with Crippen LogP contribution in [0, 0.1) is 11.3 Å². The molecule has 0 N–H and O–H groups in total. The second kappa shape index (κ2) is 8.14. The van der Waals surface area contributed by atoms with Gasteiger partial charge in [-0.2, -0.15) is 5.26 Å². The van der Waals surface area contributed by atoms with Crippen LogP contribution in [-0.2, 0) is 18.6 Å². The molecule has 1 fully saturated rings. The Labute approximate surface area is 160 Å². The Hall–Kier alpha value is -1.99. The molecule has 2 aromatic rings. The molecule has 1 aliphatic heterocycles. The van der Waals surface area contributed by atoms with Gasteiger partial charge in [-0.3, -0.25) is 0 Å². The van der Waals surface area contributed by atoms with Gasteiger partial charge in [0.25, 0.3) is 0 Å². The lowest BCUT2D eigenvalue weighted by Gasteiger charge is -2.32. The molecule has 2 aliphatic rings. The van der Waals surface area contributed by atoms with Crippen molar-refractivity contribution in [2.75, 3.05) is 18.0 Å². The van der Waals surface area contributed by atoms with Gasteiger partial charge in [0.1, 0.15) is 16.9 Å². The summed E-state index contributed by atoms with van der Waals surface area (Å²) in [4.78, 5) is 7.54. The van der Waals surface area contributed by atoms with Crippen LogP contribution in [0.15, 0.2) is 35.4 Å². The van der Waals surface area contributed by atoms with Gasteiger partial charge in [0.15, 0.2) is 0 Å². The summed E-state index contributed by atoms with van der Waals surface area (Å²) in [6.07, 6.45) is 8.34. The minimum Gasteiger partial charge on any atom is -0.356 e. The van der Waals surface area contributed by atoms with Crippen molar-refractivity contribution in [3.63, 3.8) is 0 Å². The van der Waals surface area contributed by atoms with Crippen LogP contribution in [0.5, 0.6) is 0 Å². The van der Waals surface area contributed by atoms with Gasteiger partial charge in [-0.05, 0) is 61.6 Å². The summed E-state index contributed by atoms with van der Waals surface area (Å²) >= 11 is 1.72. The molecule has 0 bridgehead atoms. The number of anilines is 1. The molecule has 1 saturated heterocycles. The second-order valence-electron chi connectivity index (χ2n) is 7.21. The van der Waals surface area contributed by atoms with Crippen LogP contribution in [0.1, 0.15) is 54.4 Å². The maximum atomic E-state index is 9.86. The summed E-state index contributed by atoms with van der Waals surface area (Å²) in [7, 11) is 0. The molecule has 0 atom stereocenters. The first-order valence-electron chi connectivity index (χ1n) is 9.74. The van der Waals surface area contributed by atoms with Crippen molar-refractivity contribution < 1.29 is 0 Å². The van der Waals surface area contributed by atoms with Crippen molar-refractivity contribution in [3.05, 3.63) is 52.6 Å². The predicted octanol–water partition coefficient (Wildman–Crippen LogP) is 5.11. The number of nitriles is 1. The Morgan fingerprint density at radius 1 is 0.962 bits per heavy atom. The highest BCUT2D eigenvalue weighted by Crippen LogP contribution is 2.37. The molecule has 0 unspecified atom stereocenters. The van der Waals surface area contributed by atoms with Crippen molar-refractivity contribution in [1.29, 1.82) is 5.26 Å². The van der Waals surface area contributed by atoms with Crippen LogP contribution in [0.25, 0.3) is 0 Å². The Morgan fingerprint density at radius 3 is 2.42 bits per heavy atom. The topological polar surface area (TPSA) is 39.9 Å². The first-order chi connectivity index (χ1) is 12.9. The van der Waals surface area contributed by atoms with Gasteiger partial charge in [-0.1, -0.05) is 30.3 Å². The maximum absolute atomic E-state index is 9.86. The molecule has 0 radical (unpaired) electrons. The number of fused-ring (bicyclic) bond motifs is 1. The lowest BCUT2D eigenvalue weighted by molar-refractivity contribution is 0.565. The molecule has 134 valence electrons. The van der Waals surface area contributed by atoms with Crippen LogP contribution in [0.4, 0.5) is 5.82 Å². The third-order valence-corrected chi connectivity index (χ3v) is 6.49. The lowest BCUT2D eigenvalue weighted by atomic mass is 9.89. The van der Waals surface area contributed by atoms with Gasteiger partial charge in [0.05, 0.1) is 5.56 Å². The summed E-state index contributed by atoms with van der Waals surface area (Å²) in [6.45, 7) is 2.21. The van der Waals surface area contributed by atoms with E-state index in [-0.39, 0.29) is 0 Å². The average molecular weight is 364 g/mol. The van der Waals surface area contributed by atoms with Gasteiger partial charge in [0.2, 0.25) is 0 Å². The van der Waals surface area contributed by atoms with E-state index in [1.54, 1.807) is 11.8 Å². The van der Waals surface area contributed by atoms with E-state index in [1.807, 2.05) is 6.07 Å². The third-order valence-electron chi connectivity index (χ3n) is 5.45. The fourth-order valence-electron chi connectivity index (χ4n) is 4.09. The first kappa shape index (κ1) is 17.4. The van der Waals surface area contributed by atoms with Crippen LogP contribution in [-0.4, -0.2) is 18.1 Å². The van der Waals surface area contributed by atoms with Crippen molar-refractivity contribution in [2.45, 2.75) is 55.7 Å². The van der Waals surface area contributed by atoms with Crippen LogP contribution in [0.2, 0.25) is 0 Å². The van der Waals surface area contributed by atoms with E-state index < -0.39 is 0 Å².